The SMILES string of the molecule is O=C1CCC(=O)N(Cc2ccncc2)c2ccccc21. The summed E-state index contributed by atoms with van der Waals surface area (Å²) < 4.78 is 0. The maximum Gasteiger partial charge on any atom is 0.227 e. The minimum absolute atomic E-state index is 0.0138. The standard InChI is InChI=1S/C16H14N2O2/c19-15-5-6-16(20)18(11-12-7-9-17-10-8-12)14-4-2-1-3-13(14)15/h1-4,7-10H,5-6,11H2. The summed E-state index contributed by atoms with van der Waals surface area (Å²) in [5.74, 6) is 0.0197. The summed E-state index contributed by atoms with van der Waals surface area (Å²) in [6.45, 7) is 0.464. The Hall–Kier alpha value is -2.49. The number of benzene rings is 1. The van der Waals surface area contributed by atoms with Crippen molar-refractivity contribution < 1.29 is 9.59 Å². The number of para-hydroxylation sites is 1. The molecule has 0 saturated carbocycles. The van der Waals surface area contributed by atoms with Crippen LogP contribution in [0.15, 0.2) is 48.8 Å². The monoisotopic (exact) mass is 266 g/mol. The van der Waals surface area contributed by atoms with Crippen molar-refractivity contribution in [2.75, 3.05) is 4.90 Å². The lowest BCUT2D eigenvalue weighted by atomic mass is 10.1. The molecule has 2 heterocycles. The zero-order chi connectivity index (χ0) is 13.9. The molecular formula is C16H14N2O2. The van der Waals surface area contributed by atoms with E-state index in [1.807, 2.05) is 30.3 Å². The molecule has 1 aromatic carbocycles. The molecule has 0 unspecified atom stereocenters. The first-order valence-electron chi connectivity index (χ1n) is 6.57. The van der Waals surface area contributed by atoms with E-state index in [9.17, 15) is 9.59 Å². The number of carbonyl (C=O) groups excluding carboxylic acids is 2. The lowest BCUT2D eigenvalue weighted by Gasteiger charge is -2.22. The molecule has 0 atom stereocenters. The Morgan fingerprint density at radius 3 is 2.55 bits per heavy atom. The largest absolute Gasteiger partial charge is 0.307 e. The van der Waals surface area contributed by atoms with Crippen molar-refractivity contribution in [3.05, 3.63) is 59.9 Å². The van der Waals surface area contributed by atoms with Gasteiger partial charge in [-0.2, -0.15) is 0 Å². The van der Waals surface area contributed by atoms with E-state index in [0.29, 0.717) is 17.8 Å². The summed E-state index contributed by atoms with van der Waals surface area (Å²) in [7, 11) is 0. The molecule has 0 fully saturated rings. The van der Waals surface area contributed by atoms with E-state index in [0.717, 1.165) is 5.56 Å². The average Bonchev–Trinajstić information content (AvgIpc) is 2.61. The molecule has 1 aliphatic rings. The molecule has 3 rings (SSSR count). The van der Waals surface area contributed by atoms with Gasteiger partial charge in [-0.3, -0.25) is 14.6 Å². The highest BCUT2D eigenvalue weighted by atomic mass is 16.2. The predicted molar refractivity (Wildman–Crippen MR) is 75.4 cm³/mol. The second kappa shape index (κ2) is 5.25. The van der Waals surface area contributed by atoms with Gasteiger partial charge in [0.15, 0.2) is 5.78 Å². The Morgan fingerprint density at radius 1 is 1.00 bits per heavy atom. The number of hydrogen-bond donors (Lipinski definition) is 0. The van der Waals surface area contributed by atoms with Gasteiger partial charge in [-0.25, -0.2) is 0 Å². The quantitative estimate of drug-likeness (QED) is 0.839. The Labute approximate surface area is 117 Å². The summed E-state index contributed by atoms with van der Waals surface area (Å²) in [5.41, 5.74) is 2.33. The third-order valence-corrected chi connectivity index (χ3v) is 3.45. The van der Waals surface area contributed by atoms with Crippen molar-refractivity contribution in [1.29, 1.82) is 0 Å². The van der Waals surface area contributed by atoms with Crippen LogP contribution in [0.25, 0.3) is 0 Å². The number of Topliss-reactive ketones (excluding diaryl/α,β-unsaturated/α-hetero) is 1. The highest BCUT2D eigenvalue weighted by Gasteiger charge is 2.26. The summed E-state index contributed by atoms with van der Waals surface area (Å²) >= 11 is 0. The van der Waals surface area contributed by atoms with Gasteiger partial charge in [0, 0.05) is 30.8 Å². The van der Waals surface area contributed by atoms with Crippen LogP contribution >= 0.6 is 0 Å². The number of nitrogens with zero attached hydrogens (tertiary/aromatic N) is 2. The molecule has 1 amide bonds. The first-order valence-corrected chi connectivity index (χ1v) is 6.57. The van der Waals surface area contributed by atoms with Crippen molar-refractivity contribution in [3.8, 4) is 0 Å². The zero-order valence-corrected chi connectivity index (χ0v) is 11.0. The Balaban J connectivity index is 2.01. The number of anilines is 1. The first kappa shape index (κ1) is 12.5. The number of fused-ring (bicyclic) bond motifs is 1. The Morgan fingerprint density at radius 2 is 1.75 bits per heavy atom. The molecular weight excluding hydrogens is 252 g/mol. The van der Waals surface area contributed by atoms with Gasteiger partial charge in [-0.05, 0) is 29.8 Å². The Kier molecular flexibility index (Phi) is 3.29. The number of carbonyl (C=O) groups is 2. The van der Waals surface area contributed by atoms with Crippen molar-refractivity contribution in [3.63, 3.8) is 0 Å². The van der Waals surface area contributed by atoms with Crippen LogP contribution in [0.4, 0.5) is 5.69 Å². The zero-order valence-electron chi connectivity index (χ0n) is 11.0. The van der Waals surface area contributed by atoms with E-state index in [-0.39, 0.29) is 24.5 Å². The molecule has 100 valence electrons. The van der Waals surface area contributed by atoms with Crippen LogP contribution in [-0.2, 0) is 11.3 Å². The maximum absolute atomic E-state index is 12.3. The normalized spacial score (nSPS) is 14.9. The second-order valence-corrected chi connectivity index (χ2v) is 4.78. The fourth-order valence-corrected chi connectivity index (χ4v) is 2.41. The van der Waals surface area contributed by atoms with E-state index in [2.05, 4.69) is 4.98 Å². The molecule has 2 aromatic rings. The predicted octanol–water partition coefficient (Wildman–Crippen LogP) is 2.59. The van der Waals surface area contributed by atoms with Crippen molar-refractivity contribution in [1.82, 2.24) is 4.98 Å². The summed E-state index contributed by atoms with van der Waals surface area (Å²) in [6, 6.07) is 11.1. The van der Waals surface area contributed by atoms with Gasteiger partial charge >= 0.3 is 0 Å². The van der Waals surface area contributed by atoms with Crippen LogP contribution < -0.4 is 4.90 Å². The molecule has 0 N–H and O–H groups in total. The van der Waals surface area contributed by atoms with Crippen molar-refractivity contribution >= 4 is 17.4 Å². The molecule has 4 heteroatoms. The van der Waals surface area contributed by atoms with Crippen LogP contribution in [0.3, 0.4) is 0 Å². The summed E-state index contributed by atoms with van der Waals surface area (Å²) in [4.78, 5) is 30.0. The summed E-state index contributed by atoms with van der Waals surface area (Å²) in [6.07, 6.45) is 3.95. The molecule has 0 radical (unpaired) electrons. The fourth-order valence-electron chi connectivity index (χ4n) is 2.41. The number of pyridine rings is 1. The van der Waals surface area contributed by atoms with E-state index >= 15 is 0 Å². The van der Waals surface area contributed by atoms with Crippen LogP contribution in [0.2, 0.25) is 0 Å². The summed E-state index contributed by atoms with van der Waals surface area (Å²) in [5, 5.41) is 0. The van der Waals surface area contributed by atoms with Gasteiger partial charge < -0.3 is 4.90 Å². The molecule has 0 bridgehead atoms. The first-order chi connectivity index (χ1) is 9.75. The highest BCUT2D eigenvalue weighted by molar-refractivity contribution is 6.09. The van der Waals surface area contributed by atoms with Crippen LogP contribution in [0, 0.1) is 0 Å². The number of amides is 1. The van der Waals surface area contributed by atoms with Gasteiger partial charge in [-0.15, -0.1) is 0 Å². The van der Waals surface area contributed by atoms with Crippen LogP contribution in [-0.4, -0.2) is 16.7 Å². The highest BCUT2D eigenvalue weighted by Crippen LogP contribution is 2.28. The number of hydrogen-bond acceptors (Lipinski definition) is 3. The smallest absolute Gasteiger partial charge is 0.227 e. The second-order valence-electron chi connectivity index (χ2n) is 4.78. The van der Waals surface area contributed by atoms with Crippen molar-refractivity contribution in [2.45, 2.75) is 19.4 Å². The third-order valence-electron chi connectivity index (χ3n) is 3.45. The average molecular weight is 266 g/mol. The maximum atomic E-state index is 12.3. The Bertz CT molecular complexity index is 653. The van der Waals surface area contributed by atoms with Gasteiger partial charge in [0.1, 0.15) is 0 Å². The minimum atomic E-state index is -0.0138. The minimum Gasteiger partial charge on any atom is -0.307 e. The van der Waals surface area contributed by atoms with Crippen molar-refractivity contribution in [2.24, 2.45) is 0 Å². The molecule has 1 aliphatic heterocycles. The molecule has 4 nitrogen and oxygen atoms in total. The van der Waals surface area contributed by atoms with E-state index < -0.39 is 0 Å². The van der Waals surface area contributed by atoms with E-state index in [1.54, 1.807) is 23.4 Å². The van der Waals surface area contributed by atoms with Gasteiger partial charge in [0.25, 0.3) is 0 Å². The van der Waals surface area contributed by atoms with Gasteiger partial charge in [0.2, 0.25) is 5.91 Å². The topological polar surface area (TPSA) is 50.3 Å². The molecule has 20 heavy (non-hydrogen) atoms. The number of ketones is 1. The third kappa shape index (κ3) is 2.32. The fraction of sp³-hybridized carbons (Fsp3) is 0.188. The van der Waals surface area contributed by atoms with Crippen LogP contribution in [0.5, 0.6) is 0 Å². The number of aromatic nitrogens is 1. The van der Waals surface area contributed by atoms with Crippen LogP contribution in [0.1, 0.15) is 28.8 Å². The lowest BCUT2D eigenvalue weighted by Crippen LogP contribution is -2.29. The number of rotatable bonds is 2. The van der Waals surface area contributed by atoms with E-state index in [1.165, 1.54) is 0 Å². The van der Waals surface area contributed by atoms with Gasteiger partial charge in [-0.1, -0.05) is 12.1 Å². The molecule has 0 spiro atoms. The van der Waals surface area contributed by atoms with E-state index in [4.69, 9.17) is 0 Å². The molecule has 1 aromatic heterocycles. The lowest BCUT2D eigenvalue weighted by molar-refractivity contribution is -0.118. The molecule has 0 saturated heterocycles. The van der Waals surface area contributed by atoms with Gasteiger partial charge in [0.05, 0.1) is 12.2 Å². The molecule has 0 aliphatic carbocycles.